The third kappa shape index (κ3) is 5.47. The van der Waals surface area contributed by atoms with Crippen LogP contribution in [0.15, 0.2) is 0 Å². The van der Waals surface area contributed by atoms with Gasteiger partial charge < -0.3 is 9.66 Å². The van der Waals surface area contributed by atoms with Crippen molar-refractivity contribution >= 4 is 28.4 Å². The van der Waals surface area contributed by atoms with E-state index in [-0.39, 0.29) is 10.3 Å². The highest BCUT2D eigenvalue weighted by molar-refractivity contribution is 7.92. The zero-order valence-electron chi connectivity index (χ0n) is 6.87. The average molecular weight is 194 g/mol. The maximum Gasteiger partial charge on any atom is 0.161 e. The van der Waals surface area contributed by atoms with Crippen LogP contribution in [0.5, 0.6) is 0 Å². The molecule has 0 fully saturated rings. The Morgan fingerprint density at radius 3 is 2.64 bits per heavy atom. The van der Waals surface area contributed by atoms with E-state index < -0.39 is 11.2 Å². The number of hydrogen-bond donors (Lipinski definition) is 1. The number of hydrogen-bond acceptors (Lipinski definition) is 2. The average Bonchev–Trinajstić information content (AvgIpc) is 1.98. The summed E-state index contributed by atoms with van der Waals surface area (Å²) in [6.45, 7) is 3.94. The molecule has 66 valence electrons. The lowest BCUT2D eigenvalue weighted by molar-refractivity contribution is 0.547. The highest BCUT2D eigenvalue weighted by Crippen LogP contribution is 2.07. The van der Waals surface area contributed by atoms with Gasteiger partial charge in [-0.3, -0.25) is 0 Å². The van der Waals surface area contributed by atoms with E-state index in [1.807, 2.05) is 13.8 Å². The minimum absolute atomic E-state index is 0.0401. The van der Waals surface area contributed by atoms with Gasteiger partial charge in [0.1, 0.15) is 11.0 Å². The normalized spacial score (nSPS) is 15.9. The molecule has 0 aliphatic heterocycles. The number of aliphatic hydroxyl groups excluding tert-OH is 1. The van der Waals surface area contributed by atoms with Crippen molar-refractivity contribution < 1.29 is 9.66 Å². The van der Waals surface area contributed by atoms with Gasteiger partial charge in [0.25, 0.3) is 0 Å². The number of aliphatic hydroxyl groups is 1. The third-order valence-corrected chi connectivity index (χ3v) is 3.58. The van der Waals surface area contributed by atoms with Gasteiger partial charge in [-0.2, -0.15) is 0 Å². The molecule has 0 bridgehead atoms. The van der Waals surface area contributed by atoms with Gasteiger partial charge in [-0.25, -0.2) is 0 Å². The van der Waals surface area contributed by atoms with Crippen LogP contribution in [-0.4, -0.2) is 25.7 Å². The van der Waals surface area contributed by atoms with Gasteiger partial charge >= 0.3 is 0 Å². The Morgan fingerprint density at radius 1 is 1.73 bits per heavy atom. The smallest absolute Gasteiger partial charge is 0.161 e. The lowest BCUT2D eigenvalue weighted by atomic mass is 10.4. The molecule has 0 saturated carbocycles. The minimum Gasteiger partial charge on any atom is -0.616 e. The second-order valence-electron chi connectivity index (χ2n) is 2.45. The molecule has 0 aromatic carbocycles. The number of thiocarbonyl (C=S) groups is 1. The molecule has 2 nitrogen and oxygen atoms in total. The van der Waals surface area contributed by atoms with E-state index in [2.05, 4.69) is 12.2 Å². The first-order chi connectivity index (χ1) is 5.07. The Morgan fingerprint density at radius 2 is 2.27 bits per heavy atom. The van der Waals surface area contributed by atoms with E-state index >= 15 is 0 Å². The largest absolute Gasteiger partial charge is 0.616 e. The summed E-state index contributed by atoms with van der Waals surface area (Å²) >= 11 is 3.62. The van der Waals surface area contributed by atoms with E-state index in [9.17, 15) is 4.55 Å². The van der Waals surface area contributed by atoms with Crippen molar-refractivity contribution in [1.29, 1.82) is 0 Å². The quantitative estimate of drug-likeness (QED) is 0.536. The Labute approximate surface area is 76.2 Å². The maximum absolute atomic E-state index is 11.2. The molecule has 0 aliphatic carbocycles. The summed E-state index contributed by atoms with van der Waals surface area (Å²) in [4.78, 5) is 0. The van der Waals surface area contributed by atoms with Crippen LogP contribution < -0.4 is 0 Å². The fourth-order valence-electron chi connectivity index (χ4n) is 0.575. The van der Waals surface area contributed by atoms with Crippen molar-refractivity contribution in [2.75, 3.05) is 5.75 Å². The van der Waals surface area contributed by atoms with Crippen LogP contribution in [0.4, 0.5) is 0 Å². The molecule has 0 aliphatic rings. The summed E-state index contributed by atoms with van der Waals surface area (Å²) in [5, 5.41) is 8.82. The lowest BCUT2D eigenvalue weighted by Gasteiger charge is -2.15. The van der Waals surface area contributed by atoms with Crippen molar-refractivity contribution in [2.24, 2.45) is 0 Å². The van der Waals surface area contributed by atoms with Gasteiger partial charge in [-0.1, -0.05) is 18.1 Å². The molecule has 0 heterocycles. The van der Waals surface area contributed by atoms with E-state index in [0.717, 1.165) is 6.42 Å². The van der Waals surface area contributed by atoms with Gasteiger partial charge in [0.05, 0.1) is 6.42 Å². The van der Waals surface area contributed by atoms with Crippen molar-refractivity contribution in [3.8, 4) is 0 Å². The van der Waals surface area contributed by atoms with E-state index in [1.165, 1.54) is 0 Å². The van der Waals surface area contributed by atoms with E-state index in [4.69, 9.17) is 5.11 Å². The zero-order valence-corrected chi connectivity index (χ0v) is 8.50. The Bertz CT molecular complexity index is 128. The topological polar surface area (TPSA) is 43.3 Å². The molecule has 2 atom stereocenters. The fourth-order valence-corrected chi connectivity index (χ4v) is 1.97. The molecule has 0 saturated heterocycles. The summed E-state index contributed by atoms with van der Waals surface area (Å²) in [5.74, 6) is 0.490. The van der Waals surface area contributed by atoms with Crippen LogP contribution in [0.3, 0.4) is 0 Å². The Kier molecular flexibility index (Phi) is 5.91. The summed E-state index contributed by atoms with van der Waals surface area (Å²) in [6, 6.07) is 0. The van der Waals surface area contributed by atoms with Gasteiger partial charge in [-0.15, -0.1) is 0 Å². The van der Waals surface area contributed by atoms with Crippen LogP contribution in [0.2, 0.25) is 0 Å². The highest BCUT2D eigenvalue weighted by atomic mass is 32.2. The molecule has 2 unspecified atom stereocenters. The summed E-state index contributed by atoms with van der Waals surface area (Å²) < 4.78 is 11.2. The maximum atomic E-state index is 11.2. The van der Waals surface area contributed by atoms with Gasteiger partial charge in [0.2, 0.25) is 0 Å². The van der Waals surface area contributed by atoms with Crippen LogP contribution >= 0.6 is 12.2 Å². The van der Waals surface area contributed by atoms with Crippen LogP contribution in [0.25, 0.3) is 0 Å². The highest BCUT2D eigenvalue weighted by Gasteiger charge is 2.14. The summed E-state index contributed by atoms with van der Waals surface area (Å²) in [6.07, 6.45) is 1.29. The molecule has 0 radical (unpaired) electrons. The Hall–Kier alpha value is 0.200. The number of rotatable bonds is 5. The molecule has 4 heteroatoms. The SMILES string of the molecule is CCC(C)[S+]([O-])CCC(O)=S. The second-order valence-corrected chi connectivity index (χ2v) is 4.89. The minimum atomic E-state index is -0.833. The predicted octanol–water partition coefficient (Wildman–Crippen LogP) is 1.81. The summed E-state index contributed by atoms with van der Waals surface area (Å²) in [7, 11) is 0. The van der Waals surface area contributed by atoms with Gasteiger partial charge in [0.15, 0.2) is 5.05 Å². The first-order valence-electron chi connectivity index (χ1n) is 3.67. The summed E-state index contributed by atoms with van der Waals surface area (Å²) in [5.41, 5.74) is 0. The monoisotopic (exact) mass is 194 g/mol. The van der Waals surface area contributed by atoms with Crippen LogP contribution in [0, 0.1) is 0 Å². The van der Waals surface area contributed by atoms with Crippen molar-refractivity contribution in [3.05, 3.63) is 0 Å². The van der Waals surface area contributed by atoms with Crippen LogP contribution in [-0.2, 0) is 11.2 Å². The standard InChI is InChI=1S/C7H14O2S2/c1-3-6(2)11(9)5-4-7(8)10/h6H,3-5H2,1-2H3,(H,8,10). The zero-order chi connectivity index (χ0) is 8.85. The third-order valence-electron chi connectivity index (χ3n) is 1.54. The molecule has 0 rings (SSSR count). The molecular formula is C7H14O2S2. The van der Waals surface area contributed by atoms with Gasteiger partial charge in [0, 0.05) is 0 Å². The predicted molar refractivity (Wildman–Crippen MR) is 52.6 cm³/mol. The Balaban J connectivity index is 3.51. The van der Waals surface area contributed by atoms with Crippen molar-refractivity contribution in [2.45, 2.75) is 31.9 Å². The molecule has 1 N–H and O–H groups in total. The lowest BCUT2D eigenvalue weighted by Crippen LogP contribution is -2.21. The first-order valence-corrected chi connectivity index (χ1v) is 5.46. The van der Waals surface area contributed by atoms with Crippen LogP contribution in [0.1, 0.15) is 26.7 Å². The first kappa shape index (κ1) is 11.2. The van der Waals surface area contributed by atoms with Gasteiger partial charge in [-0.05, 0) is 25.6 Å². The molecular weight excluding hydrogens is 180 g/mol. The van der Waals surface area contributed by atoms with E-state index in [0.29, 0.717) is 12.2 Å². The molecule has 0 aromatic heterocycles. The molecule has 0 amide bonds. The fraction of sp³-hybridized carbons (Fsp3) is 0.857. The molecule has 0 spiro atoms. The van der Waals surface area contributed by atoms with Crippen molar-refractivity contribution in [1.82, 2.24) is 0 Å². The van der Waals surface area contributed by atoms with Crippen molar-refractivity contribution in [3.63, 3.8) is 0 Å². The molecule has 11 heavy (non-hydrogen) atoms. The van der Waals surface area contributed by atoms with E-state index in [1.54, 1.807) is 0 Å². The second kappa shape index (κ2) is 5.80. The molecule has 0 aromatic rings.